The van der Waals surface area contributed by atoms with Crippen molar-refractivity contribution >= 4 is 56.5 Å². The number of halogens is 2. The van der Waals surface area contributed by atoms with Crippen molar-refractivity contribution in [2.75, 3.05) is 10.6 Å². The minimum Gasteiger partial charge on any atom is -0.338 e. The van der Waals surface area contributed by atoms with Gasteiger partial charge in [0.2, 0.25) is 11.8 Å². The zero-order valence-corrected chi connectivity index (χ0v) is 17.4. The number of anilines is 2. The summed E-state index contributed by atoms with van der Waals surface area (Å²) in [5, 5.41) is 8.89. The molecule has 2 aromatic carbocycles. The maximum Gasteiger partial charge on any atom is 0.246 e. The molecule has 2 aromatic heterocycles. The molecule has 0 spiro atoms. The van der Waals surface area contributed by atoms with E-state index in [2.05, 4.69) is 15.6 Å². The lowest BCUT2D eigenvalue weighted by molar-refractivity contribution is -0.116. The van der Waals surface area contributed by atoms with Gasteiger partial charge in [0.15, 0.2) is 5.13 Å². The summed E-state index contributed by atoms with van der Waals surface area (Å²) in [4.78, 5) is 27.9. The van der Waals surface area contributed by atoms with Crippen LogP contribution in [-0.4, -0.2) is 21.4 Å². The monoisotopic (exact) mass is 442 g/mol. The molecule has 0 aliphatic rings. The van der Waals surface area contributed by atoms with Gasteiger partial charge in [-0.1, -0.05) is 17.7 Å². The first kappa shape index (κ1) is 20.1. The molecule has 9 heteroatoms. The molecule has 0 aliphatic heterocycles. The largest absolute Gasteiger partial charge is 0.338 e. The van der Waals surface area contributed by atoms with Crippen molar-refractivity contribution in [1.82, 2.24) is 9.55 Å². The number of hydrogen-bond acceptors (Lipinski definition) is 4. The van der Waals surface area contributed by atoms with Crippen LogP contribution in [0.4, 0.5) is 15.2 Å². The number of nitrogens with one attached hydrogen (secondary N) is 2. The number of carbonyl (C=O) groups is 2. The van der Waals surface area contributed by atoms with Crippen LogP contribution in [0.5, 0.6) is 0 Å². The minimum atomic E-state index is -0.514. The molecule has 30 heavy (non-hydrogen) atoms. The molecule has 0 atom stereocenters. The molecule has 4 aromatic rings. The van der Waals surface area contributed by atoms with Crippen molar-refractivity contribution in [1.29, 1.82) is 0 Å². The summed E-state index contributed by atoms with van der Waals surface area (Å²) in [6, 6.07) is 11.8. The molecule has 0 saturated heterocycles. The second-order valence-corrected chi connectivity index (χ2v) is 7.90. The van der Waals surface area contributed by atoms with Crippen molar-refractivity contribution in [2.45, 2.75) is 13.5 Å². The van der Waals surface area contributed by atoms with Crippen LogP contribution in [0.3, 0.4) is 0 Å². The Morgan fingerprint density at radius 1 is 1.17 bits per heavy atom. The van der Waals surface area contributed by atoms with E-state index in [-0.39, 0.29) is 23.9 Å². The van der Waals surface area contributed by atoms with Gasteiger partial charge in [0.05, 0.1) is 5.69 Å². The Morgan fingerprint density at radius 3 is 2.77 bits per heavy atom. The average molecular weight is 443 g/mol. The van der Waals surface area contributed by atoms with Gasteiger partial charge in [-0.3, -0.25) is 9.59 Å². The summed E-state index contributed by atoms with van der Waals surface area (Å²) in [5.74, 6) is -1.05. The quantitative estimate of drug-likeness (QED) is 0.448. The molecule has 152 valence electrons. The van der Waals surface area contributed by atoms with Gasteiger partial charge in [-0.05, 0) is 41.8 Å². The summed E-state index contributed by atoms with van der Waals surface area (Å²) >= 11 is 7.25. The van der Waals surface area contributed by atoms with Gasteiger partial charge in [0.25, 0.3) is 0 Å². The minimum absolute atomic E-state index is 0.0958. The SMILES string of the molecule is CC(=O)Nc1ccc(-c2csc(NC(=O)Cn3ccc4ccc(Cl)cc43)n2)c(F)c1. The molecule has 4 rings (SSSR count). The standard InChI is InChI=1S/C21H16ClFN4O2S/c1-12(28)24-15-4-5-16(17(23)9-15)18-11-30-21(25-18)26-20(29)10-27-7-6-13-2-3-14(22)8-19(13)27/h2-9,11H,10H2,1H3,(H,24,28)(H,25,26,29). The van der Waals surface area contributed by atoms with Gasteiger partial charge in [-0.15, -0.1) is 11.3 Å². The lowest BCUT2D eigenvalue weighted by Gasteiger charge is -2.06. The van der Waals surface area contributed by atoms with Crippen LogP contribution in [0.15, 0.2) is 54.0 Å². The van der Waals surface area contributed by atoms with E-state index in [0.717, 1.165) is 10.9 Å². The number of fused-ring (bicyclic) bond motifs is 1. The number of carbonyl (C=O) groups excluding carboxylic acids is 2. The van der Waals surface area contributed by atoms with Crippen molar-refractivity contribution < 1.29 is 14.0 Å². The number of rotatable bonds is 5. The summed E-state index contributed by atoms with van der Waals surface area (Å²) in [6.45, 7) is 1.45. The zero-order chi connectivity index (χ0) is 21.3. The Bertz CT molecular complexity index is 1270. The molecule has 0 unspecified atom stereocenters. The maximum atomic E-state index is 14.4. The van der Waals surface area contributed by atoms with Crippen LogP contribution in [0.25, 0.3) is 22.2 Å². The zero-order valence-electron chi connectivity index (χ0n) is 15.8. The second kappa shape index (κ2) is 8.25. The predicted molar refractivity (Wildman–Crippen MR) is 117 cm³/mol. The highest BCUT2D eigenvalue weighted by molar-refractivity contribution is 7.14. The number of nitrogens with zero attached hydrogens (tertiary/aromatic N) is 2. The molecular formula is C21H16ClFN4O2S. The van der Waals surface area contributed by atoms with Gasteiger partial charge in [0, 0.05) is 40.3 Å². The molecule has 2 N–H and O–H groups in total. The number of benzene rings is 2. The van der Waals surface area contributed by atoms with E-state index in [1.165, 1.54) is 30.4 Å². The van der Waals surface area contributed by atoms with Gasteiger partial charge in [-0.2, -0.15) is 0 Å². The first-order valence-electron chi connectivity index (χ1n) is 8.96. The molecule has 2 amide bonds. The summed E-state index contributed by atoms with van der Waals surface area (Å²) in [6.07, 6.45) is 1.82. The van der Waals surface area contributed by atoms with E-state index >= 15 is 0 Å². The van der Waals surface area contributed by atoms with E-state index in [1.54, 1.807) is 28.1 Å². The highest BCUT2D eigenvalue weighted by Crippen LogP contribution is 2.29. The van der Waals surface area contributed by atoms with Crippen LogP contribution in [0.1, 0.15) is 6.92 Å². The van der Waals surface area contributed by atoms with Crippen molar-refractivity contribution in [2.24, 2.45) is 0 Å². The Morgan fingerprint density at radius 2 is 2.00 bits per heavy atom. The average Bonchev–Trinajstić information content (AvgIpc) is 3.28. The Labute approximate surface area is 180 Å². The van der Waals surface area contributed by atoms with Crippen LogP contribution in [0, 0.1) is 5.82 Å². The van der Waals surface area contributed by atoms with Gasteiger partial charge >= 0.3 is 0 Å². The number of hydrogen-bond donors (Lipinski definition) is 2. The molecule has 6 nitrogen and oxygen atoms in total. The molecule has 0 bridgehead atoms. The topological polar surface area (TPSA) is 76.0 Å². The third kappa shape index (κ3) is 4.34. The maximum absolute atomic E-state index is 14.4. The van der Waals surface area contributed by atoms with E-state index in [9.17, 15) is 14.0 Å². The summed E-state index contributed by atoms with van der Waals surface area (Å²) in [7, 11) is 0. The summed E-state index contributed by atoms with van der Waals surface area (Å²) < 4.78 is 16.2. The van der Waals surface area contributed by atoms with Crippen molar-refractivity contribution in [3.05, 3.63) is 64.9 Å². The summed E-state index contributed by atoms with van der Waals surface area (Å²) in [5.41, 5.74) is 1.91. The fraction of sp³-hybridized carbons (Fsp3) is 0.0952. The Balaban J connectivity index is 1.47. The molecule has 0 radical (unpaired) electrons. The second-order valence-electron chi connectivity index (χ2n) is 6.61. The lowest BCUT2D eigenvalue weighted by atomic mass is 10.1. The third-order valence-corrected chi connectivity index (χ3v) is 5.36. The van der Waals surface area contributed by atoms with Crippen molar-refractivity contribution in [3.63, 3.8) is 0 Å². The molecular weight excluding hydrogens is 427 g/mol. The fourth-order valence-corrected chi connectivity index (χ4v) is 3.96. The van der Waals surface area contributed by atoms with Gasteiger partial charge < -0.3 is 15.2 Å². The van der Waals surface area contributed by atoms with Crippen molar-refractivity contribution in [3.8, 4) is 11.3 Å². The first-order valence-corrected chi connectivity index (χ1v) is 10.2. The number of aromatic nitrogens is 2. The van der Waals surface area contributed by atoms with Crippen LogP contribution < -0.4 is 10.6 Å². The van der Waals surface area contributed by atoms with Crippen LogP contribution >= 0.6 is 22.9 Å². The normalized spacial score (nSPS) is 10.9. The molecule has 0 saturated carbocycles. The lowest BCUT2D eigenvalue weighted by Crippen LogP contribution is -2.18. The fourth-order valence-electron chi connectivity index (χ4n) is 3.07. The molecule has 2 heterocycles. The molecule has 0 fully saturated rings. The van der Waals surface area contributed by atoms with E-state index in [1.807, 2.05) is 18.3 Å². The van der Waals surface area contributed by atoms with Gasteiger partial charge in [-0.25, -0.2) is 9.37 Å². The van der Waals surface area contributed by atoms with E-state index in [4.69, 9.17) is 11.6 Å². The first-order chi connectivity index (χ1) is 14.4. The van der Waals surface area contributed by atoms with Crippen LogP contribution in [-0.2, 0) is 16.1 Å². The van der Waals surface area contributed by atoms with E-state index in [0.29, 0.717) is 21.5 Å². The Hall–Kier alpha value is -3.23. The Kier molecular flexibility index (Phi) is 5.52. The third-order valence-electron chi connectivity index (χ3n) is 4.37. The van der Waals surface area contributed by atoms with Crippen LogP contribution in [0.2, 0.25) is 5.02 Å². The molecule has 0 aliphatic carbocycles. The predicted octanol–water partition coefficient (Wildman–Crippen LogP) is 5.15. The highest BCUT2D eigenvalue weighted by atomic mass is 35.5. The highest BCUT2D eigenvalue weighted by Gasteiger charge is 2.13. The number of amides is 2. The van der Waals surface area contributed by atoms with E-state index < -0.39 is 5.82 Å². The van der Waals surface area contributed by atoms with Gasteiger partial charge in [0.1, 0.15) is 12.4 Å². The number of thiazole rings is 1. The smallest absolute Gasteiger partial charge is 0.246 e.